The summed E-state index contributed by atoms with van der Waals surface area (Å²) in [6, 6.07) is 2.70. The Morgan fingerprint density at radius 3 is 2.65 bits per heavy atom. The lowest BCUT2D eigenvalue weighted by atomic mass is 10.0. The van der Waals surface area contributed by atoms with Crippen LogP contribution in [0.1, 0.15) is 25.8 Å². The zero-order valence-corrected chi connectivity index (χ0v) is 11.6. The number of benzene rings is 1. The first-order valence-corrected chi connectivity index (χ1v) is 6.48. The van der Waals surface area contributed by atoms with Crippen molar-refractivity contribution in [3.63, 3.8) is 0 Å². The molecule has 0 aliphatic heterocycles. The molecular weight excluding hydrogens is 264 g/mol. The fourth-order valence-electron chi connectivity index (χ4n) is 1.78. The van der Waals surface area contributed by atoms with E-state index < -0.39 is 23.6 Å². The molecule has 1 rings (SSSR count). The average molecular weight is 283 g/mol. The lowest BCUT2D eigenvalue weighted by Gasteiger charge is -2.15. The summed E-state index contributed by atoms with van der Waals surface area (Å²) < 4.78 is 26.0. The highest BCUT2D eigenvalue weighted by Gasteiger charge is 2.16. The summed E-state index contributed by atoms with van der Waals surface area (Å²) in [5, 5.41) is 11.9. The Hall–Kier alpha value is -1.75. The molecule has 0 spiro atoms. The molecule has 0 saturated heterocycles. The van der Waals surface area contributed by atoms with Crippen LogP contribution in [0.5, 0.6) is 0 Å². The molecule has 0 aliphatic carbocycles. The quantitative estimate of drug-likeness (QED) is 0.808. The van der Waals surface area contributed by atoms with Crippen molar-refractivity contribution in [3.05, 3.63) is 41.5 Å². The van der Waals surface area contributed by atoms with Crippen molar-refractivity contribution in [2.24, 2.45) is 5.92 Å². The van der Waals surface area contributed by atoms with Crippen molar-refractivity contribution in [1.82, 2.24) is 5.32 Å². The van der Waals surface area contributed by atoms with E-state index in [9.17, 15) is 13.6 Å². The number of halogens is 2. The van der Waals surface area contributed by atoms with E-state index in [1.165, 1.54) is 18.2 Å². The Morgan fingerprint density at radius 1 is 1.40 bits per heavy atom. The molecule has 0 saturated carbocycles. The monoisotopic (exact) mass is 283 g/mol. The molecule has 1 atom stereocenters. The summed E-state index contributed by atoms with van der Waals surface area (Å²) in [7, 11) is 0. The van der Waals surface area contributed by atoms with Crippen LogP contribution >= 0.6 is 0 Å². The number of carboxylic acid groups (broad SMARTS) is 1. The van der Waals surface area contributed by atoms with Gasteiger partial charge in [0, 0.05) is 18.2 Å². The van der Waals surface area contributed by atoms with Crippen LogP contribution in [-0.2, 0) is 4.79 Å². The third-order valence-corrected chi connectivity index (χ3v) is 2.75. The summed E-state index contributed by atoms with van der Waals surface area (Å²) >= 11 is 0. The molecule has 20 heavy (non-hydrogen) atoms. The molecule has 0 unspecified atom stereocenters. The number of rotatable bonds is 7. The second-order valence-corrected chi connectivity index (χ2v) is 5.00. The van der Waals surface area contributed by atoms with Crippen LogP contribution in [0.15, 0.2) is 24.3 Å². The van der Waals surface area contributed by atoms with Gasteiger partial charge in [-0.2, -0.15) is 0 Å². The zero-order valence-electron chi connectivity index (χ0n) is 11.6. The molecule has 0 aromatic heterocycles. The minimum atomic E-state index is -0.903. The van der Waals surface area contributed by atoms with E-state index >= 15 is 0 Å². The predicted octanol–water partition coefficient (Wildman–Crippen LogP) is 3.07. The Balaban J connectivity index is 2.53. The van der Waals surface area contributed by atoms with Crippen molar-refractivity contribution >= 4 is 12.0 Å². The first-order valence-electron chi connectivity index (χ1n) is 6.48. The van der Waals surface area contributed by atoms with Crippen molar-refractivity contribution in [1.29, 1.82) is 0 Å². The molecule has 1 aromatic carbocycles. The van der Waals surface area contributed by atoms with Crippen LogP contribution in [0.25, 0.3) is 6.08 Å². The normalized spacial score (nSPS) is 13.1. The molecule has 1 aromatic rings. The largest absolute Gasteiger partial charge is 0.480 e. The summed E-state index contributed by atoms with van der Waals surface area (Å²) in [5.41, 5.74) is 0.268. The predicted molar refractivity (Wildman–Crippen MR) is 74.3 cm³/mol. The third kappa shape index (κ3) is 5.48. The molecule has 2 N–H and O–H groups in total. The van der Waals surface area contributed by atoms with Crippen LogP contribution in [0.3, 0.4) is 0 Å². The Bertz CT molecular complexity index is 487. The van der Waals surface area contributed by atoms with E-state index in [0.29, 0.717) is 13.0 Å². The van der Waals surface area contributed by atoms with E-state index in [2.05, 4.69) is 5.32 Å². The molecule has 0 amide bonds. The van der Waals surface area contributed by atoms with Gasteiger partial charge in [-0.25, -0.2) is 8.78 Å². The van der Waals surface area contributed by atoms with E-state index in [1.807, 2.05) is 13.8 Å². The van der Waals surface area contributed by atoms with Gasteiger partial charge in [0.25, 0.3) is 0 Å². The summed E-state index contributed by atoms with van der Waals surface area (Å²) in [6.45, 7) is 4.20. The highest BCUT2D eigenvalue weighted by Crippen LogP contribution is 2.11. The molecule has 3 nitrogen and oxygen atoms in total. The van der Waals surface area contributed by atoms with E-state index in [-0.39, 0.29) is 11.5 Å². The molecule has 0 bridgehead atoms. The number of aliphatic carboxylic acids is 1. The van der Waals surface area contributed by atoms with Gasteiger partial charge in [0.05, 0.1) is 0 Å². The molecule has 0 fully saturated rings. The minimum Gasteiger partial charge on any atom is -0.480 e. The number of hydrogen-bond donors (Lipinski definition) is 2. The number of nitrogens with one attached hydrogen (secondary N) is 1. The average Bonchev–Trinajstić information content (AvgIpc) is 2.34. The van der Waals surface area contributed by atoms with Crippen LogP contribution < -0.4 is 5.32 Å². The highest BCUT2D eigenvalue weighted by molar-refractivity contribution is 5.73. The fourth-order valence-corrected chi connectivity index (χ4v) is 1.78. The molecule has 5 heteroatoms. The molecule has 0 aliphatic rings. The summed E-state index contributed by atoms with van der Waals surface area (Å²) in [6.07, 6.45) is 3.64. The van der Waals surface area contributed by atoms with Crippen molar-refractivity contribution in [3.8, 4) is 0 Å². The molecule has 0 heterocycles. The van der Waals surface area contributed by atoms with Crippen LogP contribution in [0.2, 0.25) is 0 Å². The number of hydrogen-bond acceptors (Lipinski definition) is 2. The second kappa shape index (κ2) is 7.75. The SMILES string of the molecule is CC(C)C[C@@H](NC/C=C/c1ccc(F)cc1F)C(=O)O. The van der Waals surface area contributed by atoms with Gasteiger partial charge in [0.1, 0.15) is 17.7 Å². The number of carboxylic acids is 1. The van der Waals surface area contributed by atoms with E-state index in [4.69, 9.17) is 5.11 Å². The van der Waals surface area contributed by atoms with Crippen molar-refractivity contribution in [2.45, 2.75) is 26.3 Å². The first kappa shape index (κ1) is 16.3. The van der Waals surface area contributed by atoms with E-state index in [1.54, 1.807) is 6.08 Å². The van der Waals surface area contributed by atoms with Gasteiger partial charge in [-0.05, 0) is 24.5 Å². The standard InChI is InChI=1S/C15H19F2NO2/c1-10(2)8-14(15(19)20)18-7-3-4-11-5-6-12(16)9-13(11)17/h3-6,9-10,14,18H,7-8H2,1-2H3,(H,19,20)/b4-3+/t14-/m1/s1. The summed E-state index contributed by atoms with van der Waals surface area (Å²) in [5.74, 6) is -1.90. The van der Waals surface area contributed by atoms with Crippen LogP contribution in [-0.4, -0.2) is 23.7 Å². The zero-order chi connectivity index (χ0) is 15.1. The van der Waals surface area contributed by atoms with Crippen LogP contribution in [0.4, 0.5) is 8.78 Å². The van der Waals surface area contributed by atoms with Crippen LogP contribution in [0, 0.1) is 17.6 Å². The fraction of sp³-hybridized carbons (Fsp3) is 0.400. The Kier molecular flexibility index (Phi) is 6.31. The lowest BCUT2D eigenvalue weighted by molar-refractivity contribution is -0.139. The van der Waals surface area contributed by atoms with Gasteiger partial charge in [-0.3, -0.25) is 4.79 Å². The van der Waals surface area contributed by atoms with Gasteiger partial charge in [0.2, 0.25) is 0 Å². The van der Waals surface area contributed by atoms with Crippen molar-refractivity contribution < 1.29 is 18.7 Å². The second-order valence-electron chi connectivity index (χ2n) is 5.00. The molecule has 110 valence electrons. The Labute approximate surface area is 117 Å². The molecule has 0 radical (unpaired) electrons. The van der Waals surface area contributed by atoms with Crippen molar-refractivity contribution in [2.75, 3.05) is 6.54 Å². The highest BCUT2D eigenvalue weighted by atomic mass is 19.1. The maximum Gasteiger partial charge on any atom is 0.320 e. The van der Waals surface area contributed by atoms with Gasteiger partial charge in [-0.1, -0.05) is 26.0 Å². The number of carbonyl (C=O) groups is 1. The van der Waals surface area contributed by atoms with Gasteiger partial charge < -0.3 is 10.4 Å². The maximum absolute atomic E-state index is 13.3. The topological polar surface area (TPSA) is 49.3 Å². The van der Waals surface area contributed by atoms with Gasteiger partial charge >= 0.3 is 5.97 Å². The summed E-state index contributed by atoms with van der Waals surface area (Å²) in [4.78, 5) is 11.0. The van der Waals surface area contributed by atoms with Gasteiger partial charge in [-0.15, -0.1) is 0 Å². The minimum absolute atomic E-state index is 0.266. The van der Waals surface area contributed by atoms with Gasteiger partial charge in [0.15, 0.2) is 0 Å². The Morgan fingerprint density at radius 2 is 2.10 bits per heavy atom. The third-order valence-electron chi connectivity index (χ3n) is 2.75. The molecular formula is C15H19F2NO2. The maximum atomic E-state index is 13.3. The smallest absolute Gasteiger partial charge is 0.320 e. The lowest BCUT2D eigenvalue weighted by Crippen LogP contribution is -2.37. The first-order chi connectivity index (χ1) is 9.40. The van der Waals surface area contributed by atoms with E-state index in [0.717, 1.165) is 6.07 Å².